The number of fused-ring (bicyclic) bond motifs is 2. The number of amides is 1. The molecule has 1 N–H and O–H groups in total. The van der Waals surface area contributed by atoms with Crippen LogP contribution in [0.3, 0.4) is 0 Å². The van der Waals surface area contributed by atoms with Gasteiger partial charge in [-0.3, -0.25) is 0 Å². The molecular formula is C19H28N2O3. The van der Waals surface area contributed by atoms with Gasteiger partial charge in [0.1, 0.15) is 11.4 Å². The highest BCUT2D eigenvalue weighted by atomic mass is 16.6. The highest BCUT2D eigenvalue weighted by molar-refractivity contribution is 5.69. The first-order valence-corrected chi connectivity index (χ1v) is 8.77. The third-order valence-electron chi connectivity index (χ3n) is 4.80. The highest BCUT2D eigenvalue weighted by Crippen LogP contribution is 2.37. The average Bonchev–Trinajstić information content (AvgIpc) is 2.78. The molecule has 2 fully saturated rings. The molecule has 0 aromatic heterocycles. The first-order valence-electron chi connectivity index (χ1n) is 8.77. The first kappa shape index (κ1) is 16.9. The maximum atomic E-state index is 12.5. The Hall–Kier alpha value is -1.91. The van der Waals surface area contributed by atoms with Crippen LogP contribution in [-0.2, 0) is 4.74 Å². The number of nitrogens with one attached hydrogen (secondary N) is 1. The molecule has 0 spiro atoms. The van der Waals surface area contributed by atoms with E-state index in [9.17, 15) is 4.79 Å². The molecule has 0 saturated carbocycles. The zero-order valence-electron chi connectivity index (χ0n) is 15.0. The Morgan fingerprint density at radius 1 is 1.12 bits per heavy atom. The Balaban J connectivity index is 1.61. The van der Waals surface area contributed by atoms with E-state index >= 15 is 0 Å². The van der Waals surface area contributed by atoms with Gasteiger partial charge in [-0.25, -0.2) is 4.79 Å². The second-order valence-electron chi connectivity index (χ2n) is 7.81. The Labute approximate surface area is 144 Å². The van der Waals surface area contributed by atoms with Crippen LogP contribution in [0.2, 0.25) is 0 Å². The number of anilines is 1. The summed E-state index contributed by atoms with van der Waals surface area (Å²) in [7, 11) is 1.67. The van der Waals surface area contributed by atoms with Crippen LogP contribution in [0.5, 0.6) is 5.75 Å². The summed E-state index contributed by atoms with van der Waals surface area (Å²) in [5.41, 5.74) is 0.667. The highest BCUT2D eigenvalue weighted by Gasteiger charge is 2.44. The van der Waals surface area contributed by atoms with Crippen LogP contribution in [0.4, 0.5) is 10.5 Å². The lowest BCUT2D eigenvalue weighted by molar-refractivity contribution is 0.00684. The van der Waals surface area contributed by atoms with Gasteiger partial charge in [0, 0.05) is 23.8 Å². The van der Waals surface area contributed by atoms with Crippen molar-refractivity contribution in [3.8, 4) is 5.75 Å². The minimum atomic E-state index is -0.436. The maximum absolute atomic E-state index is 12.5. The number of hydrogen-bond acceptors (Lipinski definition) is 4. The number of benzene rings is 1. The number of piperidine rings is 1. The Morgan fingerprint density at radius 3 is 2.21 bits per heavy atom. The lowest BCUT2D eigenvalue weighted by Crippen LogP contribution is -2.51. The van der Waals surface area contributed by atoms with Crippen molar-refractivity contribution in [3.05, 3.63) is 24.3 Å². The van der Waals surface area contributed by atoms with Gasteiger partial charge in [0.05, 0.1) is 7.11 Å². The van der Waals surface area contributed by atoms with Gasteiger partial charge in [0.15, 0.2) is 0 Å². The summed E-state index contributed by atoms with van der Waals surface area (Å²) >= 11 is 0. The second-order valence-corrected chi connectivity index (χ2v) is 7.81. The van der Waals surface area contributed by atoms with Crippen molar-refractivity contribution in [1.29, 1.82) is 0 Å². The van der Waals surface area contributed by atoms with E-state index in [0.29, 0.717) is 6.04 Å². The van der Waals surface area contributed by atoms with E-state index < -0.39 is 5.60 Å². The fraction of sp³-hybridized carbons (Fsp3) is 0.632. The van der Waals surface area contributed by atoms with Crippen molar-refractivity contribution >= 4 is 11.8 Å². The van der Waals surface area contributed by atoms with Gasteiger partial charge in [-0.1, -0.05) is 0 Å². The quantitative estimate of drug-likeness (QED) is 0.908. The summed E-state index contributed by atoms with van der Waals surface area (Å²) in [5, 5.41) is 3.61. The van der Waals surface area contributed by atoms with Gasteiger partial charge in [0.25, 0.3) is 0 Å². The lowest BCUT2D eigenvalue weighted by atomic mass is 9.97. The van der Waals surface area contributed by atoms with Crippen molar-refractivity contribution in [3.63, 3.8) is 0 Å². The third-order valence-corrected chi connectivity index (χ3v) is 4.80. The molecule has 2 aliphatic heterocycles. The smallest absolute Gasteiger partial charge is 0.410 e. The van der Waals surface area contributed by atoms with E-state index in [2.05, 4.69) is 5.32 Å². The zero-order valence-corrected chi connectivity index (χ0v) is 15.0. The molecule has 5 heteroatoms. The fourth-order valence-corrected chi connectivity index (χ4v) is 3.83. The molecule has 1 aromatic carbocycles. The van der Waals surface area contributed by atoms with Crippen molar-refractivity contribution in [2.75, 3.05) is 12.4 Å². The predicted molar refractivity (Wildman–Crippen MR) is 94.5 cm³/mol. The standard InChI is InChI=1S/C19H28N2O3/c1-19(2,3)24-18(22)21-15-7-8-16(21)12-14(11-15)20-13-5-9-17(23-4)10-6-13/h5-6,9-10,14-16,20H,7-8,11-12H2,1-4H3. The molecule has 2 heterocycles. The van der Waals surface area contributed by atoms with Crippen molar-refractivity contribution < 1.29 is 14.3 Å². The minimum Gasteiger partial charge on any atom is -0.497 e. The summed E-state index contributed by atoms with van der Waals surface area (Å²) in [6.45, 7) is 5.76. The maximum Gasteiger partial charge on any atom is 0.410 e. The normalized spacial score (nSPS) is 26.2. The van der Waals surface area contributed by atoms with Crippen molar-refractivity contribution in [1.82, 2.24) is 4.90 Å². The summed E-state index contributed by atoms with van der Waals surface area (Å²) in [5.74, 6) is 0.861. The lowest BCUT2D eigenvalue weighted by Gasteiger charge is -2.40. The van der Waals surface area contributed by atoms with Crippen molar-refractivity contribution in [2.45, 2.75) is 70.2 Å². The molecule has 132 valence electrons. The summed E-state index contributed by atoms with van der Waals surface area (Å²) in [6.07, 6.45) is 3.94. The predicted octanol–water partition coefficient (Wildman–Crippen LogP) is 4.04. The summed E-state index contributed by atoms with van der Waals surface area (Å²) < 4.78 is 10.8. The summed E-state index contributed by atoms with van der Waals surface area (Å²) in [6, 6.07) is 8.99. The Bertz CT molecular complexity index is 565. The van der Waals surface area contributed by atoms with Crippen LogP contribution < -0.4 is 10.1 Å². The first-order chi connectivity index (χ1) is 11.4. The molecule has 1 aromatic rings. The monoisotopic (exact) mass is 332 g/mol. The number of nitrogens with zero attached hydrogens (tertiary/aromatic N) is 1. The number of rotatable bonds is 3. The van der Waals surface area contributed by atoms with Gasteiger partial charge in [-0.05, 0) is 70.7 Å². The molecule has 3 rings (SSSR count). The molecule has 5 nitrogen and oxygen atoms in total. The van der Waals surface area contributed by atoms with E-state index in [-0.39, 0.29) is 18.2 Å². The second kappa shape index (κ2) is 6.54. The minimum absolute atomic E-state index is 0.155. The van der Waals surface area contributed by atoms with Crippen LogP contribution >= 0.6 is 0 Å². The zero-order chi connectivity index (χ0) is 17.3. The SMILES string of the molecule is COc1ccc(NC2CC3CCC(C2)N3C(=O)OC(C)(C)C)cc1. The molecule has 2 bridgehead atoms. The number of carbonyl (C=O) groups excluding carboxylic acids is 1. The number of hydrogen-bond donors (Lipinski definition) is 1. The van der Waals surface area contributed by atoms with Crippen LogP contribution in [0.1, 0.15) is 46.5 Å². The van der Waals surface area contributed by atoms with Crippen molar-refractivity contribution in [2.24, 2.45) is 0 Å². The van der Waals surface area contributed by atoms with Gasteiger partial charge >= 0.3 is 6.09 Å². The van der Waals surface area contributed by atoms with Gasteiger partial charge in [-0.15, -0.1) is 0 Å². The van der Waals surface area contributed by atoms with E-state index in [4.69, 9.17) is 9.47 Å². The molecular weight excluding hydrogens is 304 g/mol. The summed E-state index contributed by atoms with van der Waals surface area (Å²) in [4.78, 5) is 14.5. The van der Waals surface area contributed by atoms with E-state index in [0.717, 1.165) is 37.1 Å². The van der Waals surface area contributed by atoms with Gasteiger partial charge < -0.3 is 19.7 Å². The topological polar surface area (TPSA) is 50.8 Å². The van der Waals surface area contributed by atoms with E-state index in [1.165, 1.54) is 0 Å². The third kappa shape index (κ3) is 3.77. The van der Waals surface area contributed by atoms with Crippen LogP contribution in [0.15, 0.2) is 24.3 Å². The van der Waals surface area contributed by atoms with Gasteiger partial charge in [-0.2, -0.15) is 0 Å². The molecule has 2 aliphatic rings. The average molecular weight is 332 g/mol. The molecule has 0 radical (unpaired) electrons. The fourth-order valence-electron chi connectivity index (χ4n) is 3.83. The molecule has 0 aliphatic carbocycles. The number of carbonyl (C=O) groups is 1. The number of ether oxygens (including phenoxy) is 2. The van der Waals surface area contributed by atoms with Crippen LogP contribution in [0.25, 0.3) is 0 Å². The van der Waals surface area contributed by atoms with Gasteiger partial charge in [0.2, 0.25) is 0 Å². The molecule has 1 amide bonds. The molecule has 2 saturated heterocycles. The largest absolute Gasteiger partial charge is 0.497 e. The van der Waals surface area contributed by atoms with Crippen LogP contribution in [-0.4, -0.2) is 41.8 Å². The van der Waals surface area contributed by atoms with E-state index in [1.54, 1.807) is 7.11 Å². The molecule has 2 unspecified atom stereocenters. The number of methoxy groups -OCH3 is 1. The Morgan fingerprint density at radius 2 is 1.71 bits per heavy atom. The molecule has 2 atom stereocenters. The van der Waals surface area contributed by atoms with E-state index in [1.807, 2.05) is 49.9 Å². The van der Waals surface area contributed by atoms with Crippen LogP contribution in [0, 0.1) is 0 Å². The molecule has 24 heavy (non-hydrogen) atoms. The Kier molecular flexibility index (Phi) is 4.61.